The highest BCUT2D eigenvalue weighted by molar-refractivity contribution is 6.45. The first-order chi connectivity index (χ1) is 9.13. The molecular formula is C14H13N5. The Hall–Kier alpha value is -2.87. The minimum atomic E-state index is -0.355. The molecule has 94 valence electrons. The molecule has 0 aliphatic carbocycles. The van der Waals surface area contributed by atoms with Crippen molar-refractivity contribution in [2.75, 3.05) is 5.43 Å². The van der Waals surface area contributed by atoms with Crippen molar-refractivity contribution in [3.63, 3.8) is 0 Å². The molecule has 0 saturated carbocycles. The number of nitrogens with zero attached hydrogens (tertiary/aromatic N) is 2. The van der Waals surface area contributed by atoms with Gasteiger partial charge in [-0.05, 0) is 23.9 Å². The van der Waals surface area contributed by atoms with Crippen molar-refractivity contribution in [3.05, 3.63) is 42.0 Å². The average molecular weight is 251 g/mol. The van der Waals surface area contributed by atoms with Crippen molar-refractivity contribution in [1.29, 1.82) is 10.7 Å². The van der Waals surface area contributed by atoms with Crippen molar-refractivity contribution in [2.24, 2.45) is 10.8 Å². The monoisotopic (exact) mass is 251 g/mol. The van der Waals surface area contributed by atoms with Gasteiger partial charge in [0, 0.05) is 5.39 Å². The van der Waals surface area contributed by atoms with Crippen LogP contribution < -0.4 is 11.2 Å². The van der Waals surface area contributed by atoms with Gasteiger partial charge in [0.05, 0.1) is 5.69 Å². The van der Waals surface area contributed by atoms with Gasteiger partial charge < -0.3 is 5.73 Å². The lowest BCUT2D eigenvalue weighted by atomic mass is 10.0. The van der Waals surface area contributed by atoms with Crippen LogP contribution in [-0.4, -0.2) is 11.5 Å². The standard InChI is InChI=1S/C14H13N5/c1-9-6-7-12(11-5-3-2-4-10(9)11)18-19-13(8-15)14(16)17/h2-7,18H,1H3,(H3,16,17)/b19-13+. The molecule has 19 heavy (non-hydrogen) atoms. The third-order valence-electron chi connectivity index (χ3n) is 2.79. The number of nitrogens with one attached hydrogen (secondary N) is 2. The van der Waals surface area contributed by atoms with E-state index in [1.165, 1.54) is 0 Å². The van der Waals surface area contributed by atoms with Crippen LogP contribution in [0.2, 0.25) is 0 Å². The summed E-state index contributed by atoms with van der Waals surface area (Å²) < 4.78 is 0. The summed E-state index contributed by atoms with van der Waals surface area (Å²) in [5.74, 6) is -0.355. The minimum absolute atomic E-state index is 0.135. The molecule has 0 spiro atoms. The van der Waals surface area contributed by atoms with Crippen LogP contribution in [-0.2, 0) is 0 Å². The highest BCUT2D eigenvalue weighted by Crippen LogP contribution is 2.26. The molecule has 0 bridgehead atoms. The molecular weight excluding hydrogens is 238 g/mol. The van der Waals surface area contributed by atoms with Crippen LogP contribution >= 0.6 is 0 Å². The zero-order valence-corrected chi connectivity index (χ0v) is 10.4. The van der Waals surface area contributed by atoms with Crippen LogP contribution in [0.25, 0.3) is 10.8 Å². The lowest BCUT2D eigenvalue weighted by Gasteiger charge is -2.08. The van der Waals surface area contributed by atoms with E-state index < -0.39 is 0 Å². The molecule has 4 N–H and O–H groups in total. The van der Waals surface area contributed by atoms with E-state index >= 15 is 0 Å². The van der Waals surface area contributed by atoms with Gasteiger partial charge in [0.1, 0.15) is 6.07 Å². The summed E-state index contributed by atoms with van der Waals surface area (Å²) >= 11 is 0. The Morgan fingerprint density at radius 3 is 2.58 bits per heavy atom. The van der Waals surface area contributed by atoms with Gasteiger partial charge in [0.2, 0.25) is 5.71 Å². The molecule has 0 radical (unpaired) electrons. The second kappa shape index (κ2) is 5.19. The van der Waals surface area contributed by atoms with Crippen molar-refractivity contribution in [1.82, 2.24) is 0 Å². The molecule has 0 aliphatic rings. The Bertz CT molecular complexity index is 709. The fourth-order valence-corrected chi connectivity index (χ4v) is 1.81. The molecule has 0 amide bonds. The van der Waals surface area contributed by atoms with Gasteiger partial charge in [-0.2, -0.15) is 10.4 Å². The fourth-order valence-electron chi connectivity index (χ4n) is 1.81. The number of hydrazone groups is 1. The molecule has 0 aromatic heterocycles. The zero-order chi connectivity index (χ0) is 13.8. The zero-order valence-electron chi connectivity index (χ0n) is 10.4. The van der Waals surface area contributed by atoms with Gasteiger partial charge in [-0.25, -0.2) is 0 Å². The van der Waals surface area contributed by atoms with Gasteiger partial charge in [0.15, 0.2) is 5.84 Å². The van der Waals surface area contributed by atoms with E-state index in [0.717, 1.165) is 22.0 Å². The van der Waals surface area contributed by atoms with Crippen molar-refractivity contribution in [2.45, 2.75) is 6.92 Å². The Balaban J connectivity index is 2.45. The van der Waals surface area contributed by atoms with E-state index in [4.69, 9.17) is 16.4 Å². The first kappa shape index (κ1) is 12.6. The summed E-state index contributed by atoms with van der Waals surface area (Å²) in [6.07, 6.45) is 0. The molecule has 0 aliphatic heterocycles. The van der Waals surface area contributed by atoms with E-state index in [9.17, 15) is 0 Å². The first-order valence-corrected chi connectivity index (χ1v) is 5.70. The maximum Gasteiger partial charge on any atom is 0.201 e. The third kappa shape index (κ3) is 2.53. The number of rotatable bonds is 3. The summed E-state index contributed by atoms with van der Waals surface area (Å²) in [7, 11) is 0. The topological polar surface area (TPSA) is 98.0 Å². The normalized spacial score (nSPS) is 11.1. The molecule has 2 aromatic rings. The summed E-state index contributed by atoms with van der Waals surface area (Å²) in [5, 5.41) is 22.0. The molecule has 2 rings (SSSR count). The van der Waals surface area contributed by atoms with Gasteiger partial charge in [0.25, 0.3) is 0 Å². The SMILES string of the molecule is Cc1ccc(N/N=C(\C#N)C(=N)N)c2ccccc12. The van der Waals surface area contributed by atoms with Gasteiger partial charge in [-0.3, -0.25) is 10.8 Å². The second-order valence-corrected chi connectivity index (χ2v) is 4.07. The minimum Gasteiger partial charge on any atom is -0.382 e. The second-order valence-electron chi connectivity index (χ2n) is 4.07. The highest BCUT2D eigenvalue weighted by atomic mass is 15.3. The summed E-state index contributed by atoms with van der Waals surface area (Å²) in [6, 6.07) is 13.5. The predicted octanol–water partition coefficient (Wildman–Crippen LogP) is 2.38. The van der Waals surface area contributed by atoms with Crippen molar-refractivity contribution in [3.8, 4) is 6.07 Å². The fraction of sp³-hybridized carbons (Fsp3) is 0.0714. The number of benzene rings is 2. The largest absolute Gasteiger partial charge is 0.382 e. The van der Waals surface area contributed by atoms with E-state index in [1.54, 1.807) is 6.07 Å². The van der Waals surface area contributed by atoms with E-state index in [1.807, 2.05) is 43.3 Å². The van der Waals surface area contributed by atoms with Gasteiger partial charge in [-0.15, -0.1) is 0 Å². The number of amidine groups is 1. The lowest BCUT2D eigenvalue weighted by Crippen LogP contribution is -2.21. The molecule has 5 nitrogen and oxygen atoms in total. The molecule has 0 fully saturated rings. The maximum atomic E-state index is 8.79. The Morgan fingerprint density at radius 2 is 1.95 bits per heavy atom. The molecule has 0 saturated heterocycles. The Morgan fingerprint density at radius 1 is 1.26 bits per heavy atom. The van der Waals surface area contributed by atoms with Crippen molar-refractivity contribution < 1.29 is 0 Å². The predicted molar refractivity (Wildman–Crippen MR) is 77.3 cm³/mol. The van der Waals surface area contributed by atoms with Crippen LogP contribution in [0.3, 0.4) is 0 Å². The number of aryl methyl sites for hydroxylation is 1. The molecule has 5 heteroatoms. The summed E-state index contributed by atoms with van der Waals surface area (Å²) in [6.45, 7) is 2.03. The van der Waals surface area contributed by atoms with Gasteiger partial charge >= 0.3 is 0 Å². The molecule has 2 aromatic carbocycles. The highest BCUT2D eigenvalue weighted by Gasteiger charge is 2.04. The number of nitriles is 1. The number of fused-ring (bicyclic) bond motifs is 1. The smallest absolute Gasteiger partial charge is 0.201 e. The Labute approximate surface area is 110 Å². The Kier molecular flexibility index (Phi) is 3.44. The average Bonchev–Trinajstić information content (AvgIpc) is 2.42. The number of hydrogen-bond donors (Lipinski definition) is 3. The lowest BCUT2D eigenvalue weighted by molar-refractivity contribution is 1.34. The summed E-state index contributed by atoms with van der Waals surface area (Å²) in [4.78, 5) is 0. The first-order valence-electron chi connectivity index (χ1n) is 5.70. The van der Waals surface area contributed by atoms with Crippen LogP contribution in [0.4, 0.5) is 5.69 Å². The third-order valence-corrected chi connectivity index (χ3v) is 2.79. The van der Waals surface area contributed by atoms with E-state index in [2.05, 4.69) is 10.5 Å². The molecule has 0 unspecified atom stereocenters. The number of nitrogens with two attached hydrogens (primary N) is 1. The molecule has 0 atom stereocenters. The quantitative estimate of drug-likeness (QED) is 0.443. The van der Waals surface area contributed by atoms with Crippen LogP contribution in [0, 0.1) is 23.7 Å². The van der Waals surface area contributed by atoms with Crippen molar-refractivity contribution >= 4 is 28.0 Å². The van der Waals surface area contributed by atoms with Crippen LogP contribution in [0.1, 0.15) is 5.56 Å². The van der Waals surface area contributed by atoms with Crippen LogP contribution in [0.15, 0.2) is 41.5 Å². The number of anilines is 1. The van der Waals surface area contributed by atoms with Gasteiger partial charge in [-0.1, -0.05) is 30.3 Å². The molecule has 0 heterocycles. The maximum absolute atomic E-state index is 8.79. The van der Waals surface area contributed by atoms with E-state index in [-0.39, 0.29) is 11.5 Å². The van der Waals surface area contributed by atoms with Crippen LogP contribution in [0.5, 0.6) is 0 Å². The van der Waals surface area contributed by atoms with E-state index in [0.29, 0.717) is 0 Å². The summed E-state index contributed by atoms with van der Waals surface area (Å²) in [5.41, 5.74) is 9.83. The number of hydrogen-bond acceptors (Lipinski definition) is 4.